The molecule has 0 aromatic carbocycles. The average Bonchev–Trinajstić information content (AvgIpc) is 3.29. The molecule has 2 fully saturated rings. The molecule has 27 heavy (non-hydrogen) atoms. The summed E-state index contributed by atoms with van der Waals surface area (Å²) in [4.78, 5) is 49.5. The number of amides is 2. The predicted octanol–water partition coefficient (Wildman–Crippen LogP) is 1.87. The highest BCUT2D eigenvalue weighted by Crippen LogP contribution is 2.21. The van der Waals surface area contributed by atoms with Gasteiger partial charge in [-0.05, 0) is 38.5 Å². The number of nitrogens with zero attached hydrogens (tertiary/aromatic N) is 2. The monoisotopic (exact) mass is 382 g/mol. The Kier molecular flexibility index (Phi) is 8.06. The van der Waals surface area contributed by atoms with Gasteiger partial charge in [0.25, 0.3) is 0 Å². The lowest BCUT2D eigenvalue weighted by Gasteiger charge is -2.21. The lowest BCUT2D eigenvalue weighted by atomic mass is 10.1. The molecular formula is C19H30N2O6. The molecule has 2 saturated heterocycles. The number of carbonyl (C=O) groups excluding carboxylic acids is 2. The number of hydrogen-bond acceptors (Lipinski definition) is 4. The molecule has 0 aromatic rings. The van der Waals surface area contributed by atoms with Gasteiger partial charge in [-0.3, -0.25) is 9.59 Å². The molecule has 2 aliphatic heterocycles. The Balaban J connectivity index is 1.55. The lowest BCUT2D eigenvalue weighted by Crippen LogP contribution is -2.40. The molecule has 2 N–H and O–H groups in total. The summed E-state index contributed by atoms with van der Waals surface area (Å²) >= 11 is 0. The van der Waals surface area contributed by atoms with Crippen molar-refractivity contribution in [3.05, 3.63) is 0 Å². The zero-order chi connectivity index (χ0) is 19.8. The summed E-state index contributed by atoms with van der Waals surface area (Å²) in [5.74, 6) is -2.00. The molecule has 0 spiro atoms. The van der Waals surface area contributed by atoms with Gasteiger partial charge in [0.1, 0.15) is 12.1 Å². The van der Waals surface area contributed by atoms with Crippen LogP contribution in [0.15, 0.2) is 0 Å². The molecular weight excluding hydrogens is 352 g/mol. The third-order valence-electron chi connectivity index (χ3n) is 5.50. The fraction of sp³-hybridized carbons (Fsp3) is 0.789. The Morgan fingerprint density at radius 2 is 1.04 bits per heavy atom. The predicted molar refractivity (Wildman–Crippen MR) is 97.1 cm³/mol. The number of rotatable bonds is 10. The van der Waals surface area contributed by atoms with E-state index in [-0.39, 0.29) is 11.8 Å². The fourth-order valence-electron chi connectivity index (χ4n) is 4.01. The van der Waals surface area contributed by atoms with Gasteiger partial charge in [0.2, 0.25) is 11.8 Å². The van der Waals surface area contributed by atoms with Crippen molar-refractivity contribution in [2.24, 2.45) is 0 Å². The van der Waals surface area contributed by atoms with Crippen molar-refractivity contribution in [3.63, 3.8) is 0 Å². The Hall–Kier alpha value is -2.12. The Morgan fingerprint density at radius 3 is 1.41 bits per heavy atom. The van der Waals surface area contributed by atoms with Crippen LogP contribution < -0.4 is 0 Å². The van der Waals surface area contributed by atoms with Crippen LogP contribution in [0.5, 0.6) is 0 Å². The van der Waals surface area contributed by atoms with Crippen molar-refractivity contribution in [2.45, 2.75) is 82.7 Å². The Morgan fingerprint density at radius 1 is 0.667 bits per heavy atom. The molecule has 0 unspecified atom stereocenters. The van der Waals surface area contributed by atoms with E-state index < -0.39 is 24.0 Å². The van der Waals surface area contributed by atoms with Gasteiger partial charge in [-0.2, -0.15) is 0 Å². The van der Waals surface area contributed by atoms with E-state index in [1.54, 1.807) is 0 Å². The van der Waals surface area contributed by atoms with Gasteiger partial charge in [-0.25, -0.2) is 9.59 Å². The molecule has 0 bridgehead atoms. The standard InChI is InChI=1S/C19H30N2O6/c22-16(20-12-6-8-14(20)18(24)25)10-4-2-1-3-5-11-17(23)21-13-7-9-15(21)19(26)27/h14-15H,1-13H2,(H,24,25)(H,26,27)/t14-,15-/m1/s1. The summed E-state index contributed by atoms with van der Waals surface area (Å²) in [6, 6.07) is -1.33. The summed E-state index contributed by atoms with van der Waals surface area (Å²) in [5.41, 5.74) is 0. The Bertz CT molecular complexity index is 516. The maximum atomic E-state index is 12.1. The number of likely N-dealkylation sites (tertiary alicyclic amines) is 2. The summed E-state index contributed by atoms with van der Waals surface area (Å²) in [6.07, 6.45) is 7.40. The maximum absolute atomic E-state index is 12.1. The molecule has 0 saturated carbocycles. The second-order valence-electron chi connectivity index (χ2n) is 7.43. The van der Waals surface area contributed by atoms with E-state index in [9.17, 15) is 19.2 Å². The van der Waals surface area contributed by atoms with Crippen molar-refractivity contribution in [3.8, 4) is 0 Å². The van der Waals surface area contributed by atoms with Gasteiger partial charge in [-0.1, -0.05) is 19.3 Å². The Labute approximate surface area is 159 Å². The molecule has 2 aliphatic rings. The highest BCUT2D eigenvalue weighted by Gasteiger charge is 2.34. The molecule has 2 atom stereocenters. The first-order chi connectivity index (χ1) is 12.9. The van der Waals surface area contributed by atoms with Gasteiger partial charge >= 0.3 is 11.9 Å². The molecule has 0 radical (unpaired) electrons. The minimum atomic E-state index is -0.923. The molecule has 0 aromatic heterocycles. The van der Waals surface area contributed by atoms with Crippen molar-refractivity contribution in [2.75, 3.05) is 13.1 Å². The first kappa shape index (κ1) is 21.2. The number of aliphatic carboxylic acids is 2. The largest absolute Gasteiger partial charge is 0.480 e. The number of carboxylic acid groups (broad SMARTS) is 2. The lowest BCUT2D eigenvalue weighted by molar-refractivity contribution is -0.148. The van der Waals surface area contributed by atoms with Crippen LogP contribution >= 0.6 is 0 Å². The van der Waals surface area contributed by atoms with Crippen LogP contribution in [0.4, 0.5) is 0 Å². The molecule has 2 rings (SSSR count). The molecule has 8 heteroatoms. The zero-order valence-electron chi connectivity index (χ0n) is 15.8. The second kappa shape index (κ2) is 10.3. The number of unbranched alkanes of at least 4 members (excludes halogenated alkanes) is 4. The number of carbonyl (C=O) groups is 4. The fourth-order valence-corrected chi connectivity index (χ4v) is 4.01. The third-order valence-corrected chi connectivity index (χ3v) is 5.50. The van der Waals surface area contributed by atoms with Crippen molar-refractivity contribution < 1.29 is 29.4 Å². The first-order valence-electron chi connectivity index (χ1n) is 9.96. The minimum absolute atomic E-state index is 0.0798. The van der Waals surface area contributed by atoms with Crippen LogP contribution in [-0.2, 0) is 19.2 Å². The maximum Gasteiger partial charge on any atom is 0.326 e. The summed E-state index contributed by atoms with van der Waals surface area (Å²) in [6.45, 7) is 1.07. The van der Waals surface area contributed by atoms with E-state index in [0.29, 0.717) is 38.8 Å². The van der Waals surface area contributed by atoms with Crippen LogP contribution in [0.3, 0.4) is 0 Å². The quantitative estimate of drug-likeness (QED) is 0.557. The smallest absolute Gasteiger partial charge is 0.326 e. The highest BCUT2D eigenvalue weighted by molar-refractivity contribution is 5.84. The first-order valence-corrected chi connectivity index (χ1v) is 9.96. The molecule has 0 aliphatic carbocycles. The zero-order valence-corrected chi connectivity index (χ0v) is 15.8. The van der Waals surface area contributed by atoms with Crippen LogP contribution in [0, 0.1) is 0 Å². The molecule has 2 amide bonds. The highest BCUT2D eigenvalue weighted by atomic mass is 16.4. The van der Waals surface area contributed by atoms with Gasteiger partial charge in [0.15, 0.2) is 0 Å². The minimum Gasteiger partial charge on any atom is -0.480 e. The normalized spacial score (nSPS) is 22.2. The van der Waals surface area contributed by atoms with Crippen LogP contribution in [0.25, 0.3) is 0 Å². The van der Waals surface area contributed by atoms with Crippen LogP contribution in [0.2, 0.25) is 0 Å². The van der Waals surface area contributed by atoms with Gasteiger partial charge in [0.05, 0.1) is 0 Å². The molecule has 2 heterocycles. The summed E-state index contributed by atoms with van der Waals surface area (Å²) in [5, 5.41) is 18.2. The van der Waals surface area contributed by atoms with Crippen LogP contribution in [-0.4, -0.2) is 68.9 Å². The van der Waals surface area contributed by atoms with Crippen molar-refractivity contribution in [1.82, 2.24) is 9.80 Å². The summed E-state index contributed by atoms with van der Waals surface area (Å²) < 4.78 is 0. The SMILES string of the molecule is O=C(O)[C@H]1CCCN1C(=O)CCCCCCCC(=O)N1CCC[C@@H]1C(=O)O. The van der Waals surface area contributed by atoms with E-state index in [1.165, 1.54) is 9.80 Å². The van der Waals surface area contributed by atoms with Gasteiger partial charge < -0.3 is 20.0 Å². The summed E-state index contributed by atoms with van der Waals surface area (Å²) in [7, 11) is 0. The van der Waals surface area contributed by atoms with E-state index in [4.69, 9.17) is 10.2 Å². The molecule has 8 nitrogen and oxygen atoms in total. The van der Waals surface area contributed by atoms with Crippen LogP contribution in [0.1, 0.15) is 70.6 Å². The van der Waals surface area contributed by atoms with E-state index in [2.05, 4.69) is 0 Å². The van der Waals surface area contributed by atoms with Gasteiger partial charge in [0, 0.05) is 25.9 Å². The van der Waals surface area contributed by atoms with E-state index in [0.717, 1.165) is 44.9 Å². The second-order valence-corrected chi connectivity index (χ2v) is 7.43. The van der Waals surface area contributed by atoms with E-state index >= 15 is 0 Å². The third kappa shape index (κ3) is 5.94. The van der Waals surface area contributed by atoms with Gasteiger partial charge in [-0.15, -0.1) is 0 Å². The van der Waals surface area contributed by atoms with E-state index in [1.807, 2.05) is 0 Å². The average molecular weight is 382 g/mol. The van der Waals surface area contributed by atoms with Crippen molar-refractivity contribution in [1.29, 1.82) is 0 Å². The number of hydrogen-bond donors (Lipinski definition) is 2. The topological polar surface area (TPSA) is 115 Å². The number of carboxylic acids is 2. The molecule has 152 valence electrons. The van der Waals surface area contributed by atoms with Crippen molar-refractivity contribution >= 4 is 23.8 Å².